The molecule has 0 heterocycles. The molecule has 5 nitrogen and oxygen atoms in total. The van der Waals surface area contributed by atoms with Crippen LogP contribution in [0.5, 0.6) is 0 Å². The molecule has 0 aromatic heterocycles. The standard InChI is InChI=1S/C23H23N3O2/c27-22(16-24-23(28)21-14-8-3-9-15-21)25-26(17-19-10-4-1-5-11-19)18-20-12-6-2-7-13-20/h1-15H,16-18H2,(H,24,28)(H,25,27). The molecule has 0 spiro atoms. The van der Waals surface area contributed by atoms with Crippen LogP contribution in [0.25, 0.3) is 0 Å². The van der Waals surface area contributed by atoms with Crippen molar-refractivity contribution in [2.75, 3.05) is 6.54 Å². The van der Waals surface area contributed by atoms with E-state index >= 15 is 0 Å². The van der Waals surface area contributed by atoms with Gasteiger partial charge in [-0.25, -0.2) is 5.01 Å². The summed E-state index contributed by atoms with van der Waals surface area (Å²) < 4.78 is 0. The summed E-state index contributed by atoms with van der Waals surface area (Å²) in [6, 6.07) is 28.7. The predicted octanol–water partition coefficient (Wildman–Crippen LogP) is 3.15. The Labute approximate surface area is 165 Å². The van der Waals surface area contributed by atoms with Crippen molar-refractivity contribution in [1.29, 1.82) is 0 Å². The molecule has 2 amide bonds. The number of hydrazine groups is 1. The third kappa shape index (κ3) is 6.07. The number of benzene rings is 3. The Kier molecular flexibility index (Phi) is 6.93. The summed E-state index contributed by atoms with van der Waals surface area (Å²) in [6.45, 7) is 1.04. The summed E-state index contributed by atoms with van der Waals surface area (Å²) in [5.41, 5.74) is 5.61. The highest BCUT2D eigenvalue weighted by Crippen LogP contribution is 2.08. The molecule has 0 radical (unpaired) electrons. The Balaban J connectivity index is 1.59. The van der Waals surface area contributed by atoms with Crippen LogP contribution in [0.1, 0.15) is 21.5 Å². The average molecular weight is 373 g/mol. The van der Waals surface area contributed by atoms with Gasteiger partial charge in [-0.05, 0) is 23.3 Å². The third-order valence-corrected chi connectivity index (χ3v) is 4.16. The Morgan fingerprint density at radius 2 is 1.14 bits per heavy atom. The van der Waals surface area contributed by atoms with Gasteiger partial charge in [-0.2, -0.15) is 0 Å². The van der Waals surface area contributed by atoms with Gasteiger partial charge in [-0.1, -0.05) is 78.9 Å². The number of nitrogens with one attached hydrogen (secondary N) is 2. The summed E-state index contributed by atoms with van der Waals surface area (Å²) in [7, 11) is 0. The van der Waals surface area contributed by atoms with Crippen LogP contribution in [-0.2, 0) is 17.9 Å². The molecule has 0 saturated heterocycles. The number of hydrogen-bond acceptors (Lipinski definition) is 3. The molecule has 0 atom stereocenters. The van der Waals surface area contributed by atoms with E-state index in [-0.39, 0.29) is 18.4 Å². The highest BCUT2D eigenvalue weighted by molar-refractivity contribution is 5.96. The van der Waals surface area contributed by atoms with Crippen LogP contribution in [0.3, 0.4) is 0 Å². The molecule has 0 aliphatic carbocycles. The van der Waals surface area contributed by atoms with Gasteiger partial charge in [0.25, 0.3) is 11.8 Å². The van der Waals surface area contributed by atoms with Crippen LogP contribution in [0.2, 0.25) is 0 Å². The van der Waals surface area contributed by atoms with Crippen molar-refractivity contribution in [3.63, 3.8) is 0 Å². The number of amides is 2. The zero-order valence-electron chi connectivity index (χ0n) is 15.5. The molecule has 5 heteroatoms. The summed E-state index contributed by atoms with van der Waals surface area (Å²) in [5, 5.41) is 4.50. The van der Waals surface area contributed by atoms with Gasteiger partial charge in [0.05, 0.1) is 6.54 Å². The minimum absolute atomic E-state index is 0.0895. The zero-order valence-corrected chi connectivity index (χ0v) is 15.5. The fourth-order valence-corrected chi connectivity index (χ4v) is 2.81. The molecular weight excluding hydrogens is 350 g/mol. The average Bonchev–Trinajstić information content (AvgIpc) is 2.74. The second kappa shape index (κ2) is 10.0. The lowest BCUT2D eigenvalue weighted by Crippen LogP contribution is -2.46. The van der Waals surface area contributed by atoms with E-state index in [0.29, 0.717) is 18.7 Å². The predicted molar refractivity (Wildman–Crippen MR) is 109 cm³/mol. The van der Waals surface area contributed by atoms with Crippen LogP contribution in [0.15, 0.2) is 91.0 Å². The maximum atomic E-state index is 12.4. The van der Waals surface area contributed by atoms with E-state index in [1.807, 2.05) is 71.7 Å². The number of rotatable bonds is 8. The summed E-state index contributed by atoms with van der Waals surface area (Å²) in [4.78, 5) is 24.5. The Hall–Kier alpha value is -3.44. The molecule has 0 aliphatic heterocycles. The lowest BCUT2D eigenvalue weighted by atomic mass is 10.2. The van der Waals surface area contributed by atoms with Gasteiger partial charge in [0.2, 0.25) is 0 Å². The largest absolute Gasteiger partial charge is 0.343 e. The van der Waals surface area contributed by atoms with Crippen molar-refractivity contribution in [3.05, 3.63) is 108 Å². The summed E-state index contributed by atoms with van der Waals surface area (Å²) in [6.07, 6.45) is 0. The van der Waals surface area contributed by atoms with E-state index in [9.17, 15) is 9.59 Å². The third-order valence-electron chi connectivity index (χ3n) is 4.16. The SMILES string of the molecule is O=C(CNC(=O)c1ccccc1)NN(Cc1ccccc1)Cc1ccccc1. The first-order valence-electron chi connectivity index (χ1n) is 9.16. The van der Waals surface area contributed by atoms with Crippen LogP contribution in [0, 0.1) is 0 Å². The lowest BCUT2D eigenvalue weighted by Gasteiger charge is -2.23. The molecule has 2 N–H and O–H groups in total. The highest BCUT2D eigenvalue weighted by atomic mass is 16.2. The van der Waals surface area contributed by atoms with Gasteiger partial charge in [0.1, 0.15) is 0 Å². The van der Waals surface area contributed by atoms with Crippen molar-refractivity contribution >= 4 is 11.8 Å². The van der Waals surface area contributed by atoms with Crippen LogP contribution in [-0.4, -0.2) is 23.4 Å². The molecule has 3 aromatic rings. The minimum Gasteiger partial charge on any atom is -0.343 e. The topological polar surface area (TPSA) is 61.4 Å². The number of nitrogens with zero attached hydrogens (tertiary/aromatic N) is 1. The molecule has 0 aliphatic rings. The Bertz CT molecular complexity index is 842. The van der Waals surface area contributed by atoms with Gasteiger partial charge < -0.3 is 5.32 Å². The number of carbonyl (C=O) groups is 2. The molecule has 0 fully saturated rings. The fourth-order valence-electron chi connectivity index (χ4n) is 2.81. The maximum Gasteiger partial charge on any atom is 0.253 e. The molecule has 28 heavy (non-hydrogen) atoms. The van der Waals surface area contributed by atoms with Crippen molar-refractivity contribution < 1.29 is 9.59 Å². The quantitative estimate of drug-likeness (QED) is 0.596. The van der Waals surface area contributed by atoms with Crippen molar-refractivity contribution in [2.45, 2.75) is 13.1 Å². The Morgan fingerprint density at radius 3 is 1.64 bits per heavy atom. The van der Waals surface area contributed by atoms with E-state index in [4.69, 9.17) is 0 Å². The molecule has 0 unspecified atom stereocenters. The highest BCUT2D eigenvalue weighted by Gasteiger charge is 2.12. The van der Waals surface area contributed by atoms with Crippen molar-refractivity contribution in [2.24, 2.45) is 0 Å². The van der Waals surface area contributed by atoms with E-state index < -0.39 is 0 Å². The van der Waals surface area contributed by atoms with Gasteiger partial charge in [-0.15, -0.1) is 0 Å². The minimum atomic E-state index is -0.270. The second-order valence-corrected chi connectivity index (χ2v) is 6.41. The lowest BCUT2D eigenvalue weighted by molar-refractivity contribution is -0.125. The molecule has 0 saturated carbocycles. The second-order valence-electron chi connectivity index (χ2n) is 6.41. The van der Waals surface area contributed by atoms with E-state index in [1.54, 1.807) is 24.3 Å². The first kappa shape index (κ1) is 19.3. The first-order chi connectivity index (χ1) is 13.7. The smallest absolute Gasteiger partial charge is 0.253 e. The van der Waals surface area contributed by atoms with Gasteiger partial charge >= 0.3 is 0 Å². The normalized spacial score (nSPS) is 10.5. The molecule has 0 bridgehead atoms. The zero-order chi connectivity index (χ0) is 19.6. The molecular formula is C23H23N3O2. The van der Waals surface area contributed by atoms with Crippen LogP contribution >= 0.6 is 0 Å². The molecule has 142 valence electrons. The van der Waals surface area contributed by atoms with Gasteiger partial charge in [0.15, 0.2) is 0 Å². The van der Waals surface area contributed by atoms with Crippen molar-refractivity contribution in [3.8, 4) is 0 Å². The van der Waals surface area contributed by atoms with Crippen LogP contribution in [0.4, 0.5) is 0 Å². The summed E-state index contributed by atoms with van der Waals surface area (Å²) >= 11 is 0. The monoisotopic (exact) mass is 373 g/mol. The van der Waals surface area contributed by atoms with Crippen LogP contribution < -0.4 is 10.7 Å². The van der Waals surface area contributed by atoms with Crippen molar-refractivity contribution in [1.82, 2.24) is 15.8 Å². The van der Waals surface area contributed by atoms with Gasteiger partial charge in [-0.3, -0.25) is 15.0 Å². The van der Waals surface area contributed by atoms with E-state index in [0.717, 1.165) is 11.1 Å². The Morgan fingerprint density at radius 1 is 0.679 bits per heavy atom. The van der Waals surface area contributed by atoms with E-state index in [2.05, 4.69) is 10.7 Å². The summed E-state index contributed by atoms with van der Waals surface area (Å²) in [5.74, 6) is -0.537. The fraction of sp³-hybridized carbons (Fsp3) is 0.130. The van der Waals surface area contributed by atoms with Gasteiger partial charge in [0, 0.05) is 18.7 Å². The number of carbonyl (C=O) groups excluding carboxylic acids is 2. The maximum absolute atomic E-state index is 12.4. The number of hydrogen-bond donors (Lipinski definition) is 2. The molecule has 3 aromatic carbocycles. The first-order valence-corrected chi connectivity index (χ1v) is 9.16. The molecule has 3 rings (SSSR count). The van der Waals surface area contributed by atoms with E-state index in [1.165, 1.54) is 0 Å².